The van der Waals surface area contributed by atoms with Crippen LogP contribution in [0.3, 0.4) is 0 Å². The SMILES string of the molecule is CS(=O)(=O)c1ccc(N2CCN(C(=O)c3ccco3)CC2)cc1. The number of amides is 1. The molecule has 1 aromatic heterocycles. The summed E-state index contributed by atoms with van der Waals surface area (Å²) in [5, 5.41) is 0. The molecule has 122 valence electrons. The van der Waals surface area contributed by atoms with Crippen LogP contribution in [0.15, 0.2) is 52.0 Å². The summed E-state index contributed by atoms with van der Waals surface area (Å²) >= 11 is 0. The van der Waals surface area contributed by atoms with Crippen molar-refractivity contribution in [3.05, 3.63) is 48.4 Å². The van der Waals surface area contributed by atoms with E-state index in [9.17, 15) is 13.2 Å². The molecule has 0 bridgehead atoms. The average Bonchev–Trinajstić information content (AvgIpc) is 3.08. The Hall–Kier alpha value is -2.28. The summed E-state index contributed by atoms with van der Waals surface area (Å²) in [5.41, 5.74) is 0.961. The topological polar surface area (TPSA) is 70.8 Å². The average molecular weight is 334 g/mol. The number of nitrogens with zero attached hydrogens (tertiary/aromatic N) is 2. The van der Waals surface area contributed by atoms with Crippen LogP contribution in [0.5, 0.6) is 0 Å². The van der Waals surface area contributed by atoms with Gasteiger partial charge in [-0.25, -0.2) is 8.42 Å². The predicted octanol–water partition coefficient (Wildman–Crippen LogP) is 1.65. The Morgan fingerprint density at radius 2 is 1.70 bits per heavy atom. The molecule has 0 radical (unpaired) electrons. The van der Waals surface area contributed by atoms with Crippen LogP contribution >= 0.6 is 0 Å². The van der Waals surface area contributed by atoms with Crippen LogP contribution in [0.4, 0.5) is 5.69 Å². The smallest absolute Gasteiger partial charge is 0.289 e. The maximum atomic E-state index is 12.2. The van der Waals surface area contributed by atoms with Crippen molar-refractivity contribution in [2.24, 2.45) is 0 Å². The molecule has 1 fully saturated rings. The van der Waals surface area contributed by atoms with E-state index < -0.39 is 9.84 Å². The molecule has 0 aliphatic carbocycles. The fourth-order valence-electron chi connectivity index (χ4n) is 2.63. The molecule has 1 amide bonds. The van der Waals surface area contributed by atoms with Crippen molar-refractivity contribution < 1.29 is 17.6 Å². The van der Waals surface area contributed by atoms with Gasteiger partial charge in [0, 0.05) is 38.1 Å². The molecule has 0 atom stereocenters. The Labute approximate surface area is 135 Å². The third kappa shape index (κ3) is 3.39. The molecular formula is C16H18N2O4S. The highest BCUT2D eigenvalue weighted by molar-refractivity contribution is 7.90. The fourth-order valence-corrected chi connectivity index (χ4v) is 3.26. The number of hydrogen-bond donors (Lipinski definition) is 0. The number of benzene rings is 1. The van der Waals surface area contributed by atoms with Crippen LogP contribution in [-0.4, -0.2) is 51.7 Å². The zero-order valence-corrected chi connectivity index (χ0v) is 13.6. The van der Waals surface area contributed by atoms with Gasteiger partial charge in [-0.3, -0.25) is 4.79 Å². The second kappa shape index (κ2) is 6.08. The minimum absolute atomic E-state index is 0.0953. The maximum Gasteiger partial charge on any atom is 0.289 e. The van der Waals surface area contributed by atoms with Gasteiger partial charge in [0.2, 0.25) is 0 Å². The van der Waals surface area contributed by atoms with E-state index in [-0.39, 0.29) is 5.91 Å². The largest absolute Gasteiger partial charge is 0.459 e. The monoisotopic (exact) mass is 334 g/mol. The third-order valence-corrected chi connectivity index (χ3v) is 5.06. The van der Waals surface area contributed by atoms with Crippen LogP contribution < -0.4 is 4.90 Å². The molecule has 2 heterocycles. The Morgan fingerprint density at radius 1 is 1.04 bits per heavy atom. The number of carbonyl (C=O) groups excluding carboxylic acids is 1. The minimum atomic E-state index is -3.18. The van der Waals surface area contributed by atoms with E-state index in [1.807, 2.05) is 0 Å². The van der Waals surface area contributed by atoms with Crippen LogP contribution in [0.1, 0.15) is 10.6 Å². The number of carbonyl (C=O) groups is 1. The molecule has 2 aromatic rings. The molecule has 0 N–H and O–H groups in total. The van der Waals surface area contributed by atoms with E-state index in [2.05, 4.69) is 4.90 Å². The summed E-state index contributed by atoms with van der Waals surface area (Å²) in [4.78, 5) is 16.4. The van der Waals surface area contributed by atoms with Crippen molar-refractivity contribution >= 4 is 21.4 Å². The highest BCUT2D eigenvalue weighted by atomic mass is 32.2. The summed E-state index contributed by atoms with van der Waals surface area (Å²) in [7, 11) is -3.18. The summed E-state index contributed by atoms with van der Waals surface area (Å²) in [5.74, 6) is 0.262. The first kappa shape index (κ1) is 15.6. The van der Waals surface area contributed by atoms with E-state index in [1.54, 1.807) is 41.3 Å². The number of furan rings is 1. The quantitative estimate of drug-likeness (QED) is 0.853. The first-order valence-corrected chi connectivity index (χ1v) is 9.22. The van der Waals surface area contributed by atoms with Crippen molar-refractivity contribution in [3.63, 3.8) is 0 Å². The molecule has 1 aliphatic rings. The highest BCUT2D eigenvalue weighted by Gasteiger charge is 2.23. The summed E-state index contributed by atoms with van der Waals surface area (Å²) in [6, 6.07) is 10.2. The first-order chi connectivity index (χ1) is 10.9. The van der Waals surface area contributed by atoms with Gasteiger partial charge in [-0.15, -0.1) is 0 Å². The Balaban J connectivity index is 1.64. The van der Waals surface area contributed by atoms with Gasteiger partial charge in [0.1, 0.15) is 0 Å². The Morgan fingerprint density at radius 3 is 2.22 bits per heavy atom. The minimum Gasteiger partial charge on any atom is -0.459 e. The van der Waals surface area contributed by atoms with E-state index in [0.29, 0.717) is 36.8 Å². The normalized spacial score (nSPS) is 15.7. The lowest BCUT2D eigenvalue weighted by Gasteiger charge is -2.35. The standard InChI is InChI=1S/C16H18N2O4S/c1-23(20,21)14-6-4-13(5-7-14)17-8-10-18(11-9-17)16(19)15-3-2-12-22-15/h2-7,12H,8-11H2,1H3. The fraction of sp³-hybridized carbons (Fsp3) is 0.312. The molecular weight excluding hydrogens is 316 g/mol. The summed E-state index contributed by atoms with van der Waals surface area (Å²) in [6.07, 6.45) is 2.69. The second-order valence-electron chi connectivity index (χ2n) is 5.52. The van der Waals surface area contributed by atoms with Crippen LogP contribution in [0.25, 0.3) is 0 Å². The Bertz CT molecular complexity index is 774. The van der Waals surface area contributed by atoms with Gasteiger partial charge < -0.3 is 14.2 Å². The number of rotatable bonds is 3. The van der Waals surface area contributed by atoms with Crippen LogP contribution in [0, 0.1) is 0 Å². The van der Waals surface area contributed by atoms with E-state index >= 15 is 0 Å². The van der Waals surface area contributed by atoms with Gasteiger partial charge in [0.05, 0.1) is 11.2 Å². The number of piperazine rings is 1. The third-order valence-electron chi connectivity index (χ3n) is 3.93. The molecule has 1 aromatic carbocycles. The maximum absolute atomic E-state index is 12.2. The molecule has 1 saturated heterocycles. The van der Waals surface area contributed by atoms with Crippen molar-refractivity contribution in [2.45, 2.75) is 4.90 Å². The predicted molar refractivity (Wildman–Crippen MR) is 86.4 cm³/mol. The van der Waals surface area contributed by atoms with Crippen LogP contribution in [0.2, 0.25) is 0 Å². The lowest BCUT2D eigenvalue weighted by atomic mass is 10.2. The second-order valence-corrected chi connectivity index (χ2v) is 7.54. The van der Waals surface area contributed by atoms with Gasteiger partial charge in [0.15, 0.2) is 15.6 Å². The van der Waals surface area contributed by atoms with Gasteiger partial charge >= 0.3 is 0 Å². The zero-order chi connectivity index (χ0) is 16.4. The van der Waals surface area contributed by atoms with E-state index in [4.69, 9.17) is 4.42 Å². The molecule has 23 heavy (non-hydrogen) atoms. The van der Waals surface area contributed by atoms with Crippen molar-refractivity contribution in [1.29, 1.82) is 0 Å². The molecule has 0 unspecified atom stereocenters. The first-order valence-electron chi connectivity index (χ1n) is 7.33. The lowest BCUT2D eigenvalue weighted by Crippen LogP contribution is -2.48. The molecule has 3 rings (SSSR count). The van der Waals surface area contributed by atoms with E-state index in [0.717, 1.165) is 5.69 Å². The van der Waals surface area contributed by atoms with Crippen molar-refractivity contribution in [1.82, 2.24) is 4.90 Å². The highest BCUT2D eigenvalue weighted by Crippen LogP contribution is 2.20. The number of hydrogen-bond acceptors (Lipinski definition) is 5. The number of anilines is 1. The Kier molecular flexibility index (Phi) is 4.12. The van der Waals surface area contributed by atoms with Crippen molar-refractivity contribution in [3.8, 4) is 0 Å². The van der Waals surface area contributed by atoms with E-state index in [1.165, 1.54) is 12.5 Å². The van der Waals surface area contributed by atoms with Crippen LogP contribution in [-0.2, 0) is 9.84 Å². The zero-order valence-electron chi connectivity index (χ0n) is 12.8. The molecule has 6 nitrogen and oxygen atoms in total. The molecule has 0 spiro atoms. The molecule has 0 saturated carbocycles. The number of sulfone groups is 1. The van der Waals surface area contributed by atoms with Gasteiger partial charge in [-0.1, -0.05) is 0 Å². The van der Waals surface area contributed by atoms with Crippen molar-refractivity contribution in [2.75, 3.05) is 37.3 Å². The molecule has 7 heteroatoms. The lowest BCUT2D eigenvalue weighted by molar-refractivity contribution is 0.0714. The summed E-state index contributed by atoms with van der Waals surface area (Å²) in [6.45, 7) is 2.61. The van der Waals surface area contributed by atoms with Gasteiger partial charge in [-0.05, 0) is 36.4 Å². The summed E-state index contributed by atoms with van der Waals surface area (Å²) < 4.78 is 28.1. The van der Waals surface area contributed by atoms with Gasteiger partial charge in [-0.2, -0.15) is 0 Å². The molecule has 1 aliphatic heterocycles. The van der Waals surface area contributed by atoms with Gasteiger partial charge in [0.25, 0.3) is 5.91 Å².